The molecule has 0 aliphatic carbocycles. The Balaban J connectivity index is 2.97. The van der Waals surface area contributed by atoms with Gasteiger partial charge in [-0.1, -0.05) is 80.1 Å². The van der Waals surface area contributed by atoms with Crippen LogP contribution >= 0.6 is 15.9 Å². The first-order chi connectivity index (χ1) is 9.31. The van der Waals surface area contributed by atoms with E-state index >= 15 is 0 Å². The smallest absolute Gasteiger partial charge is 0.143 e. The molecule has 0 atom stereocenters. The lowest BCUT2D eigenvalue weighted by atomic mass is 10.0. The maximum Gasteiger partial charge on any atom is 0.143 e. The van der Waals surface area contributed by atoms with Crippen LogP contribution in [0.4, 0.5) is 4.39 Å². The standard InChI is InChI=1S/C16H30BrFO/c17-15-16(19)13-11-9-7-5-3-1-2-4-6-8-10-12-14-18/h1-15H2. The zero-order valence-corrected chi connectivity index (χ0v) is 13.9. The summed E-state index contributed by atoms with van der Waals surface area (Å²) in [5.74, 6) is 0.327. The van der Waals surface area contributed by atoms with Gasteiger partial charge < -0.3 is 0 Å². The Bertz CT molecular complexity index is 197. The lowest BCUT2D eigenvalue weighted by molar-refractivity contribution is -0.116. The number of alkyl halides is 2. The highest BCUT2D eigenvalue weighted by Crippen LogP contribution is 2.12. The van der Waals surface area contributed by atoms with Crippen molar-refractivity contribution in [1.82, 2.24) is 0 Å². The number of carbonyl (C=O) groups excluding carboxylic acids is 1. The second-order valence-electron chi connectivity index (χ2n) is 5.35. The first-order valence-electron chi connectivity index (χ1n) is 7.95. The Morgan fingerprint density at radius 3 is 1.42 bits per heavy atom. The highest BCUT2D eigenvalue weighted by Gasteiger charge is 1.98. The van der Waals surface area contributed by atoms with Gasteiger partial charge in [0.15, 0.2) is 0 Å². The molecule has 19 heavy (non-hydrogen) atoms. The van der Waals surface area contributed by atoms with E-state index in [0.717, 1.165) is 25.7 Å². The van der Waals surface area contributed by atoms with E-state index in [0.29, 0.717) is 11.1 Å². The van der Waals surface area contributed by atoms with E-state index in [1.165, 1.54) is 57.8 Å². The molecule has 0 unspecified atom stereocenters. The zero-order chi connectivity index (χ0) is 14.2. The Labute approximate surface area is 126 Å². The molecule has 0 radical (unpaired) electrons. The van der Waals surface area contributed by atoms with Gasteiger partial charge in [0.2, 0.25) is 0 Å². The van der Waals surface area contributed by atoms with E-state index in [1.807, 2.05) is 0 Å². The van der Waals surface area contributed by atoms with Crippen molar-refractivity contribution in [3.63, 3.8) is 0 Å². The molecule has 0 saturated carbocycles. The number of hydrogen-bond donors (Lipinski definition) is 0. The van der Waals surface area contributed by atoms with Crippen molar-refractivity contribution < 1.29 is 9.18 Å². The third-order valence-electron chi connectivity index (χ3n) is 3.49. The molecule has 3 heteroatoms. The molecule has 0 aromatic carbocycles. The summed E-state index contributed by atoms with van der Waals surface area (Å²) >= 11 is 3.18. The van der Waals surface area contributed by atoms with Crippen LogP contribution in [0, 0.1) is 0 Å². The third-order valence-corrected chi connectivity index (χ3v) is 4.11. The van der Waals surface area contributed by atoms with E-state index in [-0.39, 0.29) is 6.67 Å². The Kier molecular flexibility index (Phi) is 16.2. The highest BCUT2D eigenvalue weighted by atomic mass is 79.9. The minimum absolute atomic E-state index is 0.152. The molecule has 0 bridgehead atoms. The molecule has 0 amide bonds. The molecule has 0 saturated heterocycles. The van der Waals surface area contributed by atoms with Crippen molar-refractivity contribution in [3.8, 4) is 0 Å². The van der Waals surface area contributed by atoms with Gasteiger partial charge in [-0.2, -0.15) is 0 Å². The van der Waals surface area contributed by atoms with E-state index in [1.54, 1.807) is 0 Å². The lowest BCUT2D eigenvalue weighted by Crippen LogP contribution is -1.97. The van der Waals surface area contributed by atoms with Crippen LogP contribution in [0.3, 0.4) is 0 Å². The fourth-order valence-corrected chi connectivity index (χ4v) is 2.53. The Morgan fingerprint density at radius 1 is 0.684 bits per heavy atom. The van der Waals surface area contributed by atoms with Crippen LogP contribution in [-0.4, -0.2) is 17.8 Å². The highest BCUT2D eigenvalue weighted by molar-refractivity contribution is 9.09. The maximum atomic E-state index is 11.8. The number of Topliss-reactive ketones (excluding diaryl/α,β-unsaturated/α-hetero) is 1. The van der Waals surface area contributed by atoms with Crippen molar-refractivity contribution in [2.75, 3.05) is 12.0 Å². The van der Waals surface area contributed by atoms with Gasteiger partial charge in [-0.15, -0.1) is 0 Å². The quantitative estimate of drug-likeness (QED) is 0.265. The predicted octanol–water partition coefficient (Wildman–Crippen LogP) is 5.99. The zero-order valence-electron chi connectivity index (χ0n) is 12.3. The number of unbranched alkanes of at least 4 members (excludes halogenated alkanes) is 11. The van der Waals surface area contributed by atoms with Crippen LogP contribution in [0.25, 0.3) is 0 Å². The fourth-order valence-electron chi connectivity index (χ4n) is 2.25. The van der Waals surface area contributed by atoms with E-state index in [4.69, 9.17) is 0 Å². The van der Waals surface area contributed by atoms with Gasteiger partial charge in [-0.05, 0) is 12.8 Å². The summed E-state index contributed by atoms with van der Waals surface area (Å²) in [4.78, 5) is 11.0. The predicted molar refractivity (Wildman–Crippen MR) is 84.8 cm³/mol. The molecule has 0 spiro atoms. The monoisotopic (exact) mass is 336 g/mol. The molecular formula is C16H30BrFO. The van der Waals surface area contributed by atoms with Crippen LogP contribution in [0.2, 0.25) is 0 Å². The van der Waals surface area contributed by atoms with Gasteiger partial charge >= 0.3 is 0 Å². The summed E-state index contributed by atoms with van der Waals surface area (Å²) in [5.41, 5.74) is 0. The van der Waals surface area contributed by atoms with Crippen molar-refractivity contribution >= 4 is 21.7 Å². The normalized spacial score (nSPS) is 10.8. The van der Waals surface area contributed by atoms with Crippen LogP contribution in [0.15, 0.2) is 0 Å². The van der Waals surface area contributed by atoms with Crippen LogP contribution < -0.4 is 0 Å². The molecule has 0 rings (SSSR count). The van der Waals surface area contributed by atoms with Crippen LogP contribution in [0.1, 0.15) is 83.5 Å². The van der Waals surface area contributed by atoms with Gasteiger partial charge in [0.05, 0.1) is 12.0 Å². The summed E-state index contributed by atoms with van der Waals surface area (Å²) < 4.78 is 11.8. The van der Waals surface area contributed by atoms with Crippen molar-refractivity contribution in [2.24, 2.45) is 0 Å². The van der Waals surface area contributed by atoms with Crippen molar-refractivity contribution in [3.05, 3.63) is 0 Å². The largest absolute Gasteiger partial charge is 0.299 e. The van der Waals surface area contributed by atoms with Gasteiger partial charge in [0.25, 0.3) is 0 Å². The minimum Gasteiger partial charge on any atom is -0.299 e. The van der Waals surface area contributed by atoms with Crippen LogP contribution in [-0.2, 0) is 4.79 Å². The van der Waals surface area contributed by atoms with E-state index < -0.39 is 0 Å². The molecule has 0 N–H and O–H groups in total. The molecule has 114 valence electrons. The molecule has 0 aromatic rings. The van der Waals surface area contributed by atoms with Gasteiger partial charge in [-0.25, -0.2) is 0 Å². The van der Waals surface area contributed by atoms with Gasteiger partial charge in [0, 0.05) is 6.42 Å². The van der Waals surface area contributed by atoms with Crippen molar-refractivity contribution in [1.29, 1.82) is 0 Å². The van der Waals surface area contributed by atoms with Crippen LogP contribution in [0.5, 0.6) is 0 Å². The summed E-state index contributed by atoms with van der Waals surface area (Å²) in [6.45, 7) is -0.152. The Hall–Kier alpha value is 0.0800. The molecule has 0 fully saturated rings. The molecule has 0 heterocycles. The second kappa shape index (κ2) is 16.1. The number of rotatable bonds is 15. The fraction of sp³-hybridized carbons (Fsp3) is 0.938. The molecule has 1 nitrogen and oxygen atoms in total. The summed E-state index contributed by atoms with van der Waals surface area (Å²) in [7, 11) is 0. The first-order valence-corrected chi connectivity index (χ1v) is 9.07. The third kappa shape index (κ3) is 16.0. The van der Waals surface area contributed by atoms with Gasteiger partial charge in [0.1, 0.15) is 5.78 Å². The average molecular weight is 337 g/mol. The summed E-state index contributed by atoms with van der Waals surface area (Å²) in [6.07, 6.45) is 15.2. The second-order valence-corrected chi connectivity index (χ2v) is 5.91. The number of hydrogen-bond acceptors (Lipinski definition) is 1. The topological polar surface area (TPSA) is 17.1 Å². The molecule has 0 aromatic heterocycles. The summed E-state index contributed by atoms with van der Waals surface area (Å²) in [5, 5.41) is 0.512. The maximum absolute atomic E-state index is 11.8. The Morgan fingerprint density at radius 2 is 1.05 bits per heavy atom. The van der Waals surface area contributed by atoms with Gasteiger partial charge in [-0.3, -0.25) is 9.18 Å². The van der Waals surface area contributed by atoms with E-state index in [2.05, 4.69) is 15.9 Å². The lowest BCUT2D eigenvalue weighted by Gasteiger charge is -2.02. The molecule has 0 aliphatic rings. The van der Waals surface area contributed by atoms with E-state index in [9.17, 15) is 9.18 Å². The summed E-state index contributed by atoms with van der Waals surface area (Å²) in [6, 6.07) is 0. The average Bonchev–Trinajstić information content (AvgIpc) is 2.43. The molecular weight excluding hydrogens is 307 g/mol. The minimum atomic E-state index is -0.152. The number of ketones is 1. The van der Waals surface area contributed by atoms with Crippen molar-refractivity contribution in [2.45, 2.75) is 83.5 Å². The first kappa shape index (κ1) is 19.1. The number of halogens is 2. The number of carbonyl (C=O) groups is 1. The SMILES string of the molecule is O=C(CBr)CCCCCCCCCCCCCCF. The molecule has 0 aliphatic heterocycles.